The van der Waals surface area contributed by atoms with Gasteiger partial charge in [-0.25, -0.2) is 4.39 Å². The summed E-state index contributed by atoms with van der Waals surface area (Å²) in [6.07, 6.45) is 5.33. The van der Waals surface area contributed by atoms with Crippen LogP contribution in [0.4, 0.5) is 4.39 Å². The molecule has 0 amide bonds. The number of fused-ring (bicyclic) bond motifs is 1. The molecule has 0 spiro atoms. The Labute approximate surface area is 113 Å². The third-order valence-corrected chi connectivity index (χ3v) is 3.57. The lowest BCUT2D eigenvalue weighted by Crippen LogP contribution is -2.14. The zero-order chi connectivity index (χ0) is 13.8. The molecule has 1 aromatic heterocycles. The number of halogens is 1. The van der Waals surface area contributed by atoms with Crippen molar-refractivity contribution in [2.75, 3.05) is 0 Å². The summed E-state index contributed by atoms with van der Waals surface area (Å²) < 4.78 is 13.9. The van der Waals surface area contributed by atoms with Crippen molar-refractivity contribution < 1.29 is 9.18 Å². The summed E-state index contributed by atoms with van der Waals surface area (Å²) in [5, 5.41) is 0.435. The smallest absolute Gasteiger partial charge is 0.168 e. The number of hydrogen-bond donors (Lipinski definition) is 1. The first-order valence-corrected chi connectivity index (χ1v) is 6.98. The van der Waals surface area contributed by atoms with Gasteiger partial charge in [0.05, 0.1) is 0 Å². The molecule has 1 heterocycles. The van der Waals surface area contributed by atoms with Crippen LogP contribution in [-0.2, 0) is 0 Å². The third-order valence-electron chi connectivity index (χ3n) is 3.57. The summed E-state index contributed by atoms with van der Waals surface area (Å²) in [4.78, 5) is 15.6. The van der Waals surface area contributed by atoms with Crippen molar-refractivity contribution in [1.29, 1.82) is 0 Å². The monoisotopic (exact) mass is 261 g/mol. The quantitative estimate of drug-likeness (QED) is 0.751. The molecule has 0 radical (unpaired) electrons. The van der Waals surface area contributed by atoms with E-state index in [1.165, 1.54) is 6.07 Å². The fraction of sp³-hybridized carbons (Fsp3) is 0.438. The minimum Gasteiger partial charge on any atom is -0.360 e. The van der Waals surface area contributed by atoms with E-state index < -0.39 is 0 Å². The summed E-state index contributed by atoms with van der Waals surface area (Å²) in [7, 11) is 0. The first kappa shape index (κ1) is 13.8. The van der Waals surface area contributed by atoms with E-state index in [0.717, 1.165) is 25.7 Å². The van der Waals surface area contributed by atoms with E-state index in [0.29, 0.717) is 16.5 Å². The van der Waals surface area contributed by atoms with Crippen LogP contribution in [-0.4, -0.2) is 10.8 Å². The molecule has 19 heavy (non-hydrogen) atoms. The molecule has 2 nitrogen and oxygen atoms in total. The highest BCUT2D eigenvalue weighted by molar-refractivity contribution is 6.09. The number of nitrogens with one attached hydrogen (secondary N) is 1. The minimum absolute atomic E-state index is 0.00797. The SMILES string of the molecule is CCCC(CCC)C(=O)c1c[nH]c2cccc(F)c12. The van der Waals surface area contributed by atoms with Crippen molar-refractivity contribution in [3.05, 3.63) is 35.8 Å². The highest BCUT2D eigenvalue weighted by Crippen LogP contribution is 2.27. The molecule has 2 rings (SSSR count). The normalized spacial score (nSPS) is 11.4. The number of Topliss-reactive ketones (excluding diaryl/α,β-unsaturated/α-hetero) is 1. The molecule has 0 unspecified atom stereocenters. The van der Waals surface area contributed by atoms with Crippen molar-refractivity contribution >= 4 is 16.7 Å². The Morgan fingerprint density at radius 3 is 2.58 bits per heavy atom. The first-order chi connectivity index (χ1) is 9.19. The molecule has 0 saturated carbocycles. The van der Waals surface area contributed by atoms with Gasteiger partial charge in [-0.1, -0.05) is 32.8 Å². The number of aromatic amines is 1. The summed E-state index contributed by atoms with van der Waals surface area (Å²) in [5.74, 6) is -0.248. The van der Waals surface area contributed by atoms with Crippen LogP contribution in [0.5, 0.6) is 0 Å². The first-order valence-electron chi connectivity index (χ1n) is 6.98. The van der Waals surface area contributed by atoms with E-state index in [-0.39, 0.29) is 17.5 Å². The molecular weight excluding hydrogens is 241 g/mol. The van der Waals surface area contributed by atoms with E-state index in [9.17, 15) is 9.18 Å². The second-order valence-corrected chi connectivity index (χ2v) is 5.00. The number of carbonyl (C=O) groups excluding carboxylic acids is 1. The molecular formula is C16H20FNO. The number of carbonyl (C=O) groups is 1. The molecule has 1 N–H and O–H groups in total. The second-order valence-electron chi connectivity index (χ2n) is 5.00. The van der Waals surface area contributed by atoms with E-state index in [4.69, 9.17) is 0 Å². The van der Waals surface area contributed by atoms with Crippen molar-refractivity contribution in [3.8, 4) is 0 Å². The van der Waals surface area contributed by atoms with Gasteiger partial charge in [-0.2, -0.15) is 0 Å². The van der Waals surface area contributed by atoms with Gasteiger partial charge in [0.2, 0.25) is 0 Å². The number of hydrogen-bond acceptors (Lipinski definition) is 1. The highest BCUT2D eigenvalue weighted by atomic mass is 19.1. The number of rotatable bonds is 6. The van der Waals surface area contributed by atoms with Gasteiger partial charge in [-0.3, -0.25) is 4.79 Å². The van der Waals surface area contributed by atoms with Crippen LogP contribution in [0.25, 0.3) is 10.9 Å². The van der Waals surface area contributed by atoms with Crippen LogP contribution < -0.4 is 0 Å². The summed E-state index contributed by atoms with van der Waals surface area (Å²) in [6.45, 7) is 4.15. The lowest BCUT2D eigenvalue weighted by atomic mass is 9.89. The van der Waals surface area contributed by atoms with Gasteiger partial charge in [-0.05, 0) is 25.0 Å². The topological polar surface area (TPSA) is 32.9 Å². The van der Waals surface area contributed by atoms with Gasteiger partial charge in [-0.15, -0.1) is 0 Å². The fourth-order valence-electron chi connectivity index (χ4n) is 2.66. The Morgan fingerprint density at radius 2 is 1.95 bits per heavy atom. The van der Waals surface area contributed by atoms with Crippen LogP contribution in [0.1, 0.15) is 49.9 Å². The highest BCUT2D eigenvalue weighted by Gasteiger charge is 2.22. The Morgan fingerprint density at radius 1 is 1.26 bits per heavy atom. The van der Waals surface area contributed by atoms with Gasteiger partial charge in [0.1, 0.15) is 5.82 Å². The van der Waals surface area contributed by atoms with Crippen molar-refractivity contribution in [3.63, 3.8) is 0 Å². The molecule has 102 valence electrons. The van der Waals surface area contributed by atoms with Crippen LogP contribution in [0.15, 0.2) is 24.4 Å². The molecule has 0 aliphatic rings. The maximum Gasteiger partial charge on any atom is 0.168 e. The second kappa shape index (κ2) is 6.00. The van der Waals surface area contributed by atoms with E-state index in [2.05, 4.69) is 18.8 Å². The van der Waals surface area contributed by atoms with Crippen molar-refractivity contribution in [2.24, 2.45) is 5.92 Å². The van der Waals surface area contributed by atoms with E-state index in [1.54, 1.807) is 18.3 Å². The Kier molecular flexibility index (Phi) is 4.35. The maximum absolute atomic E-state index is 13.9. The molecule has 3 heteroatoms. The van der Waals surface area contributed by atoms with E-state index in [1.807, 2.05) is 0 Å². The largest absolute Gasteiger partial charge is 0.360 e. The summed E-state index contributed by atoms with van der Waals surface area (Å²) in [6, 6.07) is 4.85. The number of benzene rings is 1. The van der Waals surface area contributed by atoms with Crippen molar-refractivity contribution in [2.45, 2.75) is 39.5 Å². The number of H-pyrrole nitrogens is 1. The van der Waals surface area contributed by atoms with Gasteiger partial charge in [0.15, 0.2) is 5.78 Å². The molecule has 0 atom stereocenters. The van der Waals surface area contributed by atoms with Gasteiger partial charge in [0.25, 0.3) is 0 Å². The molecule has 0 fully saturated rings. The predicted octanol–water partition coefficient (Wildman–Crippen LogP) is 4.71. The molecule has 2 aromatic rings. The molecule has 1 aromatic carbocycles. The van der Waals surface area contributed by atoms with Crippen LogP contribution >= 0.6 is 0 Å². The standard InChI is InChI=1S/C16H20FNO/c1-3-6-11(7-4-2)16(19)12-10-18-14-9-5-8-13(17)15(12)14/h5,8-11,18H,3-4,6-7H2,1-2H3. The van der Waals surface area contributed by atoms with E-state index >= 15 is 0 Å². The molecule has 0 saturated heterocycles. The van der Waals surface area contributed by atoms with Crippen LogP contribution in [0, 0.1) is 11.7 Å². The maximum atomic E-state index is 13.9. The summed E-state index contributed by atoms with van der Waals surface area (Å²) >= 11 is 0. The predicted molar refractivity (Wildman–Crippen MR) is 75.9 cm³/mol. The average Bonchev–Trinajstić information content (AvgIpc) is 2.83. The Hall–Kier alpha value is -1.64. The lowest BCUT2D eigenvalue weighted by Gasteiger charge is -2.13. The van der Waals surface area contributed by atoms with Gasteiger partial charge >= 0.3 is 0 Å². The third kappa shape index (κ3) is 2.70. The zero-order valence-corrected chi connectivity index (χ0v) is 11.5. The minimum atomic E-state index is -0.325. The zero-order valence-electron chi connectivity index (χ0n) is 11.5. The van der Waals surface area contributed by atoms with Crippen LogP contribution in [0.3, 0.4) is 0 Å². The van der Waals surface area contributed by atoms with Gasteiger partial charge in [0, 0.05) is 28.6 Å². The Balaban J connectivity index is 2.40. The molecule has 0 bridgehead atoms. The lowest BCUT2D eigenvalue weighted by molar-refractivity contribution is 0.0906. The molecule has 0 aliphatic carbocycles. The van der Waals surface area contributed by atoms with Gasteiger partial charge < -0.3 is 4.98 Å². The van der Waals surface area contributed by atoms with Crippen LogP contribution in [0.2, 0.25) is 0 Å². The summed E-state index contributed by atoms with van der Waals surface area (Å²) in [5.41, 5.74) is 1.19. The Bertz CT molecular complexity index is 567. The molecule has 0 aliphatic heterocycles. The van der Waals surface area contributed by atoms with Crippen molar-refractivity contribution in [1.82, 2.24) is 4.98 Å². The number of ketones is 1. The fourth-order valence-corrected chi connectivity index (χ4v) is 2.66. The average molecular weight is 261 g/mol. The number of aromatic nitrogens is 1.